The van der Waals surface area contributed by atoms with Crippen LogP contribution < -0.4 is 30.7 Å². The molecule has 23 heavy (non-hydrogen) atoms. The molecule has 0 heterocycles. The summed E-state index contributed by atoms with van der Waals surface area (Å²) in [6, 6.07) is 10.8. The maximum absolute atomic E-state index is 12.0. The Bertz CT molecular complexity index is 577. The third kappa shape index (κ3) is 6.55. The van der Waals surface area contributed by atoms with Gasteiger partial charge in [-0.1, -0.05) is 0 Å². The van der Waals surface area contributed by atoms with Gasteiger partial charge in [-0.05, 0) is 0 Å². The molecule has 0 N–H and O–H groups in total. The fourth-order valence-electron chi connectivity index (χ4n) is 1.52. The molecule has 2 aromatic rings. The third-order valence-electron chi connectivity index (χ3n) is 2.31. The number of hydrogen-bond acceptors (Lipinski definition) is 2. The summed E-state index contributed by atoms with van der Waals surface area (Å²) < 4.78 is 81.3. The van der Waals surface area contributed by atoms with Crippen molar-refractivity contribution in [3.63, 3.8) is 0 Å². The molecule has 0 fully saturated rings. The van der Waals surface area contributed by atoms with E-state index in [2.05, 4.69) is 9.47 Å². The normalized spacial score (nSPS) is 12.3. The Morgan fingerprint density at radius 2 is 0.870 bits per heavy atom. The van der Waals surface area contributed by atoms with Crippen molar-refractivity contribution in [1.82, 2.24) is 0 Å². The van der Waals surface area contributed by atoms with Gasteiger partial charge in [0.15, 0.2) is 0 Å². The van der Waals surface area contributed by atoms with E-state index < -0.39 is 33.9 Å². The van der Waals surface area contributed by atoms with Gasteiger partial charge in [-0.25, -0.2) is 0 Å². The van der Waals surface area contributed by atoms with Gasteiger partial charge in [-0.15, -0.1) is 0 Å². The second kappa shape index (κ2) is 6.85. The van der Waals surface area contributed by atoms with Gasteiger partial charge in [0, 0.05) is 0 Å². The molecule has 0 bridgehead atoms. The van der Waals surface area contributed by atoms with Crippen molar-refractivity contribution in [3.05, 3.63) is 55.7 Å². The average molecular weight is 449 g/mol. The molecule has 0 aliphatic carbocycles. The first-order valence-corrected chi connectivity index (χ1v) is 8.13. The van der Waals surface area contributed by atoms with E-state index in [0.717, 1.165) is 7.14 Å². The van der Waals surface area contributed by atoms with Crippen LogP contribution in [-0.2, 0) is 0 Å². The summed E-state index contributed by atoms with van der Waals surface area (Å²) in [5.41, 5.74) is 0. The Labute approximate surface area is 137 Å². The maximum atomic E-state index is 12.0. The van der Waals surface area contributed by atoms with Crippen molar-refractivity contribution in [2.24, 2.45) is 0 Å². The molecule has 0 radical (unpaired) electrons. The Hall–Kier alpha value is -1.65. The molecular weight excluding hydrogens is 441 g/mol. The molecule has 2 nitrogen and oxygen atoms in total. The molecule has 0 aliphatic heterocycles. The SMILES string of the molecule is FC(F)(F)Oc1ccc([I-]c2ccc(OC(F)(F)F)cc2)cc1. The summed E-state index contributed by atoms with van der Waals surface area (Å²) in [6.07, 6.45) is -9.49. The molecule has 0 spiro atoms. The van der Waals surface area contributed by atoms with E-state index in [1.165, 1.54) is 48.5 Å². The predicted octanol–water partition coefficient (Wildman–Crippen LogP) is 1.61. The van der Waals surface area contributed by atoms with Gasteiger partial charge in [0.25, 0.3) is 0 Å². The number of halogens is 7. The Morgan fingerprint density at radius 1 is 0.565 bits per heavy atom. The van der Waals surface area contributed by atoms with Crippen LogP contribution in [0.3, 0.4) is 0 Å². The van der Waals surface area contributed by atoms with Crippen LogP contribution in [0, 0.1) is 7.14 Å². The molecule has 0 amide bonds. The fraction of sp³-hybridized carbons (Fsp3) is 0.143. The zero-order chi connectivity index (χ0) is 17.1. The number of rotatable bonds is 4. The van der Waals surface area contributed by atoms with E-state index in [9.17, 15) is 26.3 Å². The van der Waals surface area contributed by atoms with E-state index >= 15 is 0 Å². The van der Waals surface area contributed by atoms with Crippen LogP contribution in [0.2, 0.25) is 0 Å². The Balaban J connectivity index is 1.99. The number of ether oxygens (including phenoxy) is 2. The zero-order valence-electron chi connectivity index (χ0n) is 11.1. The van der Waals surface area contributed by atoms with Crippen molar-refractivity contribution in [3.8, 4) is 11.5 Å². The van der Waals surface area contributed by atoms with E-state index in [4.69, 9.17) is 0 Å². The van der Waals surface area contributed by atoms with Crippen molar-refractivity contribution in [2.45, 2.75) is 12.7 Å². The molecule has 9 heteroatoms. The van der Waals surface area contributed by atoms with E-state index in [1.807, 2.05) is 0 Å². The molecule has 0 atom stereocenters. The molecule has 0 aromatic heterocycles. The monoisotopic (exact) mass is 449 g/mol. The first-order valence-electron chi connectivity index (χ1n) is 5.97. The van der Waals surface area contributed by atoms with Gasteiger partial charge in [0.2, 0.25) is 0 Å². The van der Waals surface area contributed by atoms with E-state index in [-0.39, 0.29) is 11.5 Å². The summed E-state index contributed by atoms with van der Waals surface area (Å²) in [7, 11) is 0. The Morgan fingerprint density at radius 3 is 1.13 bits per heavy atom. The summed E-state index contributed by atoms with van der Waals surface area (Å²) in [5, 5.41) is 0. The summed E-state index contributed by atoms with van der Waals surface area (Å²) in [5.74, 6) is -0.640. The topological polar surface area (TPSA) is 18.5 Å². The predicted molar refractivity (Wildman–Crippen MR) is 63.6 cm³/mol. The molecule has 2 aromatic carbocycles. The standard InChI is InChI=1S/C14H8F6IO2/c15-13(16,17)22-11-5-1-9(2-6-11)21-10-3-7-12(8-4-10)23-14(18,19)20/h1-8H/q-1. The Kier molecular flexibility index (Phi) is 5.27. The molecule has 0 saturated heterocycles. The molecule has 2 rings (SSSR count). The van der Waals surface area contributed by atoms with Crippen LogP contribution in [0.4, 0.5) is 26.3 Å². The van der Waals surface area contributed by atoms with Crippen LogP contribution in [0.25, 0.3) is 0 Å². The third-order valence-corrected chi connectivity index (χ3v) is 5.00. The van der Waals surface area contributed by atoms with E-state index in [0.29, 0.717) is 0 Å². The van der Waals surface area contributed by atoms with Crippen LogP contribution in [0.5, 0.6) is 11.5 Å². The second-order valence-corrected chi connectivity index (χ2v) is 7.13. The number of alkyl halides is 6. The molecule has 0 saturated carbocycles. The van der Waals surface area contributed by atoms with Crippen LogP contribution in [0.15, 0.2) is 48.5 Å². The van der Waals surface area contributed by atoms with Crippen LogP contribution in [0.1, 0.15) is 0 Å². The van der Waals surface area contributed by atoms with Gasteiger partial charge >= 0.3 is 137 Å². The van der Waals surface area contributed by atoms with Gasteiger partial charge in [0.05, 0.1) is 0 Å². The summed E-state index contributed by atoms with van der Waals surface area (Å²) in [6.45, 7) is 0. The van der Waals surface area contributed by atoms with Crippen molar-refractivity contribution >= 4 is 0 Å². The molecule has 126 valence electrons. The quantitative estimate of drug-likeness (QED) is 0.522. The van der Waals surface area contributed by atoms with Gasteiger partial charge in [-0.2, -0.15) is 0 Å². The van der Waals surface area contributed by atoms with Gasteiger partial charge < -0.3 is 0 Å². The van der Waals surface area contributed by atoms with Crippen molar-refractivity contribution in [2.75, 3.05) is 0 Å². The average Bonchev–Trinajstić information content (AvgIpc) is 2.40. The first-order chi connectivity index (χ1) is 10.6. The van der Waals surface area contributed by atoms with Crippen molar-refractivity contribution < 1.29 is 57.0 Å². The minimum atomic E-state index is -4.75. The van der Waals surface area contributed by atoms with Crippen LogP contribution in [-0.4, -0.2) is 12.7 Å². The number of benzene rings is 2. The molecule has 0 unspecified atom stereocenters. The van der Waals surface area contributed by atoms with Gasteiger partial charge in [0.1, 0.15) is 0 Å². The second-order valence-electron chi connectivity index (χ2n) is 4.10. The fourth-order valence-corrected chi connectivity index (χ4v) is 3.68. The summed E-state index contributed by atoms with van der Waals surface area (Å²) >= 11 is -0.739. The first kappa shape index (κ1) is 17.7. The van der Waals surface area contributed by atoms with E-state index in [1.54, 1.807) is 0 Å². The minimum absolute atomic E-state index is 0.320. The molecular formula is C14H8F6IO2-. The zero-order valence-corrected chi connectivity index (χ0v) is 13.2. The summed E-state index contributed by atoms with van der Waals surface area (Å²) in [4.78, 5) is 0. The molecule has 0 aliphatic rings. The van der Waals surface area contributed by atoms with Gasteiger partial charge in [-0.3, -0.25) is 0 Å². The number of hydrogen-bond donors (Lipinski definition) is 0. The van der Waals surface area contributed by atoms with Crippen molar-refractivity contribution in [1.29, 1.82) is 0 Å². The van der Waals surface area contributed by atoms with Crippen LogP contribution >= 0.6 is 0 Å².